The molecule has 0 aromatic heterocycles. The molecule has 4 aliphatic rings. The summed E-state index contributed by atoms with van der Waals surface area (Å²) in [6.45, 7) is 4.43. The Bertz CT molecular complexity index is 723. The van der Waals surface area contributed by atoms with E-state index in [0.717, 1.165) is 24.8 Å². The largest absolute Gasteiger partial charge is 0.354 e. The topological polar surface area (TPSA) is 58.2 Å². The number of halogens is 1. The summed E-state index contributed by atoms with van der Waals surface area (Å²) in [6, 6.07) is 5.81. The average Bonchev–Trinajstić information content (AvgIpc) is 2.66. The van der Waals surface area contributed by atoms with E-state index in [0.29, 0.717) is 30.7 Å². The molecule has 4 aliphatic carbocycles. The zero-order valence-electron chi connectivity index (χ0n) is 17.5. The quantitative estimate of drug-likeness (QED) is 0.731. The van der Waals surface area contributed by atoms with Crippen molar-refractivity contribution in [2.75, 3.05) is 6.54 Å². The third kappa shape index (κ3) is 4.34. The molecular formula is C24H33FN2O2. The highest BCUT2D eigenvalue weighted by atomic mass is 19.1. The van der Waals surface area contributed by atoms with Crippen molar-refractivity contribution < 1.29 is 14.0 Å². The Morgan fingerprint density at radius 3 is 2.10 bits per heavy atom. The summed E-state index contributed by atoms with van der Waals surface area (Å²) in [7, 11) is 0. The Morgan fingerprint density at radius 2 is 1.59 bits per heavy atom. The molecule has 4 bridgehead atoms. The van der Waals surface area contributed by atoms with Gasteiger partial charge < -0.3 is 10.6 Å². The van der Waals surface area contributed by atoms with Crippen molar-refractivity contribution >= 4 is 11.8 Å². The van der Waals surface area contributed by atoms with Gasteiger partial charge in [-0.3, -0.25) is 9.59 Å². The molecule has 0 spiro atoms. The molecule has 5 heteroatoms. The fourth-order valence-corrected chi connectivity index (χ4v) is 6.31. The predicted molar refractivity (Wildman–Crippen MR) is 110 cm³/mol. The highest BCUT2D eigenvalue weighted by Crippen LogP contribution is 2.60. The molecule has 1 atom stereocenters. The van der Waals surface area contributed by atoms with E-state index >= 15 is 0 Å². The minimum atomic E-state index is -0.510. The fraction of sp³-hybridized carbons (Fsp3) is 0.667. The van der Waals surface area contributed by atoms with Crippen LogP contribution in [-0.4, -0.2) is 24.4 Å². The number of carbonyl (C=O) groups excluding carboxylic acids is 2. The van der Waals surface area contributed by atoms with Gasteiger partial charge in [0, 0.05) is 12.0 Å². The van der Waals surface area contributed by atoms with Gasteiger partial charge in [0.1, 0.15) is 11.9 Å². The van der Waals surface area contributed by atoms with E-state index in [1.165, 1.54) is 31.4 Å². The Kier molecular flexibility index (Phi) is 5.67. The zero-order valence-corrected chi connectivity index (χ0v) is 17.5. The SMILES string of the molecule is CC(C)[C@H](NC(=O)C12CC3CC(CC(C3)C1)C2)C(=O)NCCc1ccc(F)cc1. The Labute approximate surface area is 173 Å². The predicted octanol–water partition coefficient (Wildman–Crippen LogP) is 3.84. The van der Waals surface area contributed by atoms with Gasteiger partial charge in [0.25, 0.3) is 0 Å². The van der Waals surface area contributed by atoms with Crippen LogP contribution in [0.3, 0.4) is 0 Å². The normalized spacial score (nSPS) is 31.0. The van der Waals surface area contributed by atoms with Crippen LogP contribution >= 0.6 is 0 Å². The van der Waals surface area contributed by atoms with Crippen LogP contribution in [0.25, 0.3) is 0 Å². The van der Waals surface area contributed by atoms with E-state index in [-0.39, 0.29) is 29.0 Å². The van der Waals surface area contributed by atoms with Crippen LogP contribution in [0, 0.1) is 34.9 Å². The summed E-state index contributed by atoms with van der Waals surface area (Å²) in [5.41, 5.74) is 0.737. The van der Waals surface area contributed by atoms with Crippen molar-refractivity contribution in [2.24, 2.45) is 29.1 Å². The number of hydrogen-bond donors (Lipinski definition) is 2. The van der Waals surface area contributed by atoms with Gasteiger partial charge in [-0.1, -0.05) is 26.0 Å². The highest BCUT2D eigenvalue weighted by molar-refractivity contribution is 5.90. The number of rotatable bonds is 7. The summed E-state index contributed by atoms with van der Waals surface area (Å²) in [6.07, 6.45) is 7.53. The van der Waals surface area contributed by atoms with Crippen molar-refractivity contribution in [3.63, 3.8) is 0 Å². The molecule has 4 nitrogen and oxygen atoms in total. The maximum Gasteiger partial charge on any atom is 0.242 e. The molecular weight excluding hydrogens is 367 g/mol. The van der Waals surface area contributed by atoms with Gasteiger partial charge in [0.05, 0.1) is 0 Å². The van der Waals surface area contributed by atoms with Crippen molar-refractivity contribution in [1.29, 1.82) is 0 Å². The standard InChI is InChI=1S/C24H33FN2O2/c1-15(2)21(22(28)26-8-7-16-3-5-20(25)6-4-16)27-23(29)24-12-17-9-18(13-24)11-19(10-17)14-24/h3-6,15,17-19,21H,7-14H2,1-2H3,(H,26,28)(H,27,29)/t17?,18?,19?,21-,24?/m0/s1. The first kappa shape index (κ1) is 20.4. The van der Waals surface area contributed by atoms with Crippen LogP contribution in [0.2, 0.25) is 0 Å². The lowest BCUT2D eigenvalue weighted by molar-refractivity contribution is -0.149. The first-order chi connectivity index (χ1) is 13.8. The van der Waals surface area contributed by atoms with E-state index in [1.54, 1.807) is 12.1 Å². The molecule has 0 aliphatic heterocycles. The molecule has 2 N–H and O–H groups in total. The maximum atomic E-state index is 13.3. The molecule has 2 amide bonds. The summed E-state index contributed by atoms with van der Waals surface area (Å²) in [5, 5.41) is 6.09. The summed E-state index contributed by atoms with van der Waals surface area (Å²) in [5.74, 6) is 1.85. The van der Waals surface area contributed by atoms with Gasteiger partial charge in [-0.15, -0.1) is 0 Å². The summed E-state index contributed by atoms with van der Waals surface area (Å²) in [4.78, 5) is 26.1. The van der Waals surface area contributed by atoms with Crippen LogP contribution in [0.1, 0.15) is 57.9 Å². The van der Waals surface area contributed by atoms with Crippen molar-refractivity contribution in [3.05, 3.63) is 35.6 Å². The number of hydrogen-bond acceptors (Lipinski definition) is 2. The van der Waals surface area contributed by atoms with E-state index < -0.39 is 6.04 Å². The molecule has 0 radical (unpaired) electrons. The molecule has 29 heavy (non-hydrogen) atoms. The molecule has 4 fully saturated rings. The molecule has 0 unspecified atom stereocenters. The van der Waals surface area contributed by atoms with Crippen molar-refractivity contribution in [3.8, 4) is 0 Å². The lowest BCUT2D eigenvalue weighted by Gasteiger charge is -2.55. The molecule has 0 saturated heterocycles. The van der Waals surface area contributed by atoms with Crippen LogP contribution in [0.4, 0.5) is 4.39 Å². The minimum Gasteiger partial charge on any atom is -0.354 e. The van der Waals surface area contributed by atoms with E-state index in [2.05, 4.69) is 10.6 Å². The molecule has 0 heterocycles. The molecule has 5 rings (SSSR count). The van der Waals surface area contributed by atoms with Gasteiger partial charge in [-0.2, -0.15) is 0 Å². The average molecular weight is 401 g/mol. The molecule has 1 aromatic carbocycles. The van der Waals surface area contributed by atoms with Gasteiger partial charge in [0.15, 0.2) is 0 Å². The minimum absolute atomic E-state index is 0.0266. The van der Waals surface area contributed by atoms with Gasteiger partial charge >= 0.3 is 0 Å². The number of carbonyl (C=O) groups is 2. The smallest absolute Gasteiger partial charge is 0.242 e. The van der Waals surface area contributed by atoms with Gasteiger partial charge in [-0.25, -0.2) is 4.39 Å². The Morgan fingerprint density at radius 1 is 1.03 bits per heavy atom. The van der Waals surface area contributed by atoms with Crippen LogP contribution in [0.15, 0.2) is 24.3 Å². The summed E-state index contributed by atoms with van der Waals surface area (Å²) >= 11 is 0. The zero-order chi connectivity index (χ0) is 20.6. The van der Waals surface area contributed by atoms with Crippen LogP contribution in [-0.2, 0) is 16.0 Å². The van der Waals surface area contributed by atoms with E-state index in [1.807, 2.05) is 13.8 Å². The first-order valence-corrected chi connectivity index (χ1v) is 11.2. The number of benzene rings is 1. The van der Waals surface area contributed by atoms with Crippen LogP contribution in [0.5, 0.6) is 0 Å². The fourth-order valence-electron chi connectivity index (χ4n) is 6.31. The first-order valence-electron chi connectivity index (χ1n) is 11.2. The van der Waals surface area contributed by atoms with Crippen molar-refractivity contribution in [2.45, 2.75) is 64.8 Å². The second kappa shape index (κ2) is 8.08. The number of nitrogens with one attached hydrogen (secondary N) is 2. The lowest BCUT2D eigenvalue weighted by Crippen LogP contribution is -2.58. The third-order valence-corrected chi connectivity index (χ3v) is 7.38. The second-order valence-corrected chi connectivity index (χ2v) is 10.1. The number of amides is 2. The maximum absolute atomic E-state index is 13.3. The summed E-state index contributed by atoms with van der Waals surface area (Å²) < 4.78 is 13.0. The third-order valence-electron chi connectivity index (χ3n) is 7.38. The Balaban J connectivity index is 1.34. The van der Waals surface area contributed by atoms with Gasteiger partial charge in [-0.05, 0) is 86.3 Å². The monoisotopic (exact) mass is 400 g/mol. The van der Waals surface area contributed by atoms with Crippen LogP contribution < -0.4 is 10.6 Å². The Hall–Kier alpha value is -1.91. The van der Waals surface area contributed by atoms with E-state index in [9.17, 15) is 14.0 Å². The van der Waals surface area contributed by atoms with E-state index in [4.69, 9.17) is 0 Å². The van der Waals surface area contributed by atoms with Gasteiger partial charge in [0.2, 0.25) is 11.8 Å². The lowest BCUT2D eigenvalue weighted by atomic mass is 9.49. The molecule has 1 aromatic rings. The molecule has 4 saturated carbocycles. The highest BCUT2D eigenvalue weighted by Gasteiger charge is 2.55. The molecule has 158 valence electrons. The van der Waals surface area contributed by atoms with Crippen molar-refractivity contribution in [1.82, 2.24) is 10.6 Å². The second-order valence-electron chi connectivity index (χ2n) is 10.1.